The number of ether oxygens (including phenoxy) is 1. The van der Waals surface area contributed by atoms with Crippen LogP contribution < -0.4 is 10.5 Å². The molecule has 6 heteroatoms. The lowest BCUT2D eigenvalue weighted by Gasteiger charge is -2.35. The molecule has 3 heterocycles. The molecule has 0 saturated carbocycles. The van der Waals surface area contributed by atoms with Gasteiger partial charge in [-0.05, 0) is 36.6 Å². The Kier molecular flexibility index (Phi) is 3.67. The molecule has 2 aliphatic heterocycles. The Hall–Kier alpha value is -2.89. The van der Waals surface area contributed by atoms with E-state index in [0.29, 0.717) is 13.1 Å². The molecule has 128 valence electrons. The Balaban J connectivity index is 1.56. The zero-order chi connectivity index (χ0) is 17.4. The highest BCUT2D eigenvalue weighted by Crippen LogP contribution is 2.38. The van der Waals surface area contributed by atoms with Crippen molar-refractivity contribution in [1.82, 2.24) is 9.88 Å². The Morgan fingerprint density at radius 1 is 1.16 bits per heavy atom. The third-order valence-corrected chi connectivity index (χ3v) is 5.02. The van der Waals surface area contributed by atoms with Crippen molar-refractivity contribution in [2.24, 2.45) is 5.73 Å². The van der Waals surface area contributed by atoms with Crippen molar-refractivity contribution in [1.29, 1.82) is 0 Å². The molecule has 2 aliphatic rings. The molecule has 0 radical (unpaired) electrons. The molecule has 1 saturated heterocycles. The highest BCUT2D eigenvalue weighted by Gasteiger charge is 2.44. The van der Waals surface area contributed by atoms with Crippen molar-refractivity contribution in [2.75, 3.05) is 13.1 Å². The van der Waals surface area contributed by atoms with Crippen molar-refractivity contribution in [3.05, 3.63) is 59.4 Å². The molecule has 25 heavy (non-hydrogen) atoms. The number of likely N-dealkylation sites (tertiary alicyclic amines) is 1. The van der Waals surface area contributed by atoms with Gasteiger partial charge in [-0.1, -0.05) is 18.2 Å². The van der Waals surface area contributed by atoms with E-state index in [-0.39, 0.29) is 22.8 Å². The standard InChI is InChI=1S/C19H19N3O3/c20-17(23)16-14(5-3-10-21-16)18(24)22-11-9-19(12-22)8-7-13-4-1-2-6-15(13)25-19/h1-6,10H,7-9,11-12H2,(H2,20,23). The fourth-order valence-electron chi connectivity index (χ4n) is 3.71. The number of hydrogen-bond donors (Lipinski definition) is 1. The summed E-state index contributed by atoms with van der Waals surface area (Å²) in [5.74, 6) is -0.0100. The second-order valence-electron chi connectivity index (χ2n) is 6.63. The highest BCUT2D eigenvalue weighted by atomic mass is 16.5. The van der Waals surface area contributed by atoms with E-state index < -0.39 is 5.91 Å². The maximum Gasteiger partial charge on any atom is 0.268 e. The van der Waals surface area contributed by atoms with Crippen LogP contribution in [0.1, 0.15) is 39.3 Å². The van der Waals surface area contributed by atoms with Crippen LogP contribution in [0.3, 0.4) is 0 Å². The van der Waals surface area contributed by atoms with E-state index in [9.17, 15) is 9.59 Å². The smallest absolute Gasteiger partial charge is 0.268 e. The van der Waals surface area contributed by atoms with Crippen LogP contribution in [0.4, 0.5) is 0 Å². The summed E-state index contributed by atoms with van der Waals surface area (Å²) < 4.78 is 6.27. The summed E-state index contributed by atoms with van der Waals surface area (Å²) >= 11 is 0. The van der Waals surface area contributed by atoms with Gasteiger partial charge in [0.25, 0.3) is 11.8 Å². The number of amides is 2. The SMILES string of the molecule is NC(=O)c1ncccc1C(=O)N1CCC2(CCc3ccccc3O2)C1. The van der Waals surface area contributed by atoms with Crippen molar-refractivity contribution in [3.8, 4) is 5.75 Å². The van der Waals surface area contributed by atoms with Crippen LogP contribution in [0.15, 0.2) is 42.6 Å². The largest absolute Gasteiger partial charge is 0.485 e. The first kappa shape index (κ1) is 15.6. The quantitative estimate of drug-likeness (QED) is 0.905. The summed E-state index contributed by atoms with van der Waals surface area (Å²) in [6, 6.07) is 11.3. The van der Waals surface area contributed by atoms with Crippen LogP contribution in [0.5, 0.6) is 5.75 Å². The normalized spacial score (nSPS) is 21.7. The summed E-state index contributed by atoms with van der Waals surface area (Å²) in [7, 11) is 0. The zero-order valence-corrected chi connectivity index (χ0v) is 13.8. The second-order valence-corrected chi connectivity index (χ2v) is 6.63. The molecule has 1 spiro atoms. The lowest BCUT2D eigenvalue weighted by atomic mass is 9.90. The molecule has 1 unspecified atom stereocenters. The number of benzene rings is 1. The fourth-order valence-corrected chi connectivity index (χ4v) is 3.71. The van der Waals surface area contributed by atoms with Crippen LogP contribution in [-0.2, 0) is 6.42 Å². The molecular formula is C19H19N3O3. The van der Waals surface area contributed by atoms with Gasteiger partial charge >= 0.3 is 0 Å². The maximum absolute atomic E-state index is 12.9. The van der Waals surface area contributed by atoms with Crippen molar-refractivity contribution in [2.45, 2.75) is 24.9 Å². The molecule has 1 aromatic heterocycles. The summed E-state index contributed by atoms with van der Waals surface area (Å²) in [6.07, 6.45) is 4.06. The van der Waals surface area contributed by atoms with Crippen molar-refractivity contribution in [3.63, 3.8) is 0 Å². The summed E-state index contributed by atoms with van der Waals surface area (Å²) in [5, 5.41) is 0. The van der Waals surface area contributed by atoms with Gasteiger partial charge in [0.2, 0.25) is 0 Å². The number of fused-ring (bicyclic) bond motifs is 1. The average molecular weight is 337 g/mol. The molecule has 1 aromatic carbocycles. The van der Waals surface area contributed by atoms with Gasteiger partial charge in [0.15, 0.2) is 0 Å². The minimum Gasteiger partial charge on any atom is -0.485 e. The molecule has 6 nitrogen and oxygen atoms in total. The molecular weight excluding hydrogens is 318 g/mol. The van der Waals surface area contributed by atoms with E-state index in [1.165, 1.54) is 11.8 Å². The third-order valence-electron chi connectivity index (χ3n) is 5.02. The number of rotatable bonds is 2. The molecule has 1 fully saturated rings. The molecule has 4 rings (SSSR count). The zero-order valence-electron chi connectivity index (χ0n) is 13.8. The first-order chi connectivity index (χ1) is 12.1. The summed E-state index contributed by atoms with van der Waals surface area (Å²) in [4.78, 5) is 30.1. The second kappa shape index (κ2) is 5.88. The number of carbonyl (C=O) groups excluding carboxylic acids is 2. The minimum absolute atomic E-state index is 0.0170. The van der Waals surface area contributed by atoms with E-state index in [1.54, 1.807) is 17.0 Å². The number of pyridine rings is 1. The lowest BCUT2D eigenvalue weighted by molar-refractivity contribution is 0.0484. The third kappa shape index (κ3) is 2.73. The highest BCUT2D eigenvalue weighted by molar-refractivity contribution is 6.05. The molecule has 0 bridgehead atoms. The molecule has 2 aromatic rings. The number of primary amides is 1. The molecule has 1 atom stereocenters. The van der Waals surface area contributed by atoms with E-state index in [2.05, 4.69) is 11.1 Å². The summed E-state index contributed by atoms with van der Waals surface area (Å²) in [5.41, 5.74) is 6.47. The average Bonchev–Trinajstić information content (AvgIpc) is 3.04. The van der Waals surface area contributed by atoms with Gasteiger partial charge in [-0.25, -0.2) is 0 Å². The number of nitrogens with zero attached hydrogens (tertiary/aromatic N) is 2. The van der Waals surface area contributed by atoms with Gasteiger partial charge in [0.1, 0.15) is 17.0 Å². The molecule has 2 N–H and O–H groups in total. The molecule has 0 aliphatic carbocycles. The number of nitrogens with two attached hydrogens (primary N) is 1. The first-order valence-corrected chi connectivity index (χ1v) is 8.39. The number of para-hydroxylation sites is 1. The van der Waals surface area contributed by atoms with Gasteiger partial charge in [0, 0.05) is 19.2 Å². The number of aromatic nitrogens is 1. The minimum atomic E-state index is -0.694. The van der Waals surface area contributed by atoms with Crippen molar-refractivity contribution >= 4 is 11.8 Å². The van der Waals surface area contributed by atoms with Crippen LogP contribution in [-0.4, -0.2) is 40.4 Å². The topological polar surface area (TPSA) is 85.5 Å². The number of carbonyl (C=O) groups is 2. The Labute approximate surface area is 145 Å². The van der Waals surface area contributed by atoms with Crippen molar-refractivity contribution < 1.29 is 14.3 Å². The van der Waals surface area contributed by atoms with Gasteiger partial charge in [0.05, 0.1) is 12.1 Å². The lowest BCUT2D eigenvalue weighted by Crippen LogP contribution is -2.43. The van der Waals surface area contributed by atoms with Gasteiger partial charge < -0.3 is 15.4 Å². The molecule has 2 amide bonds. The maximum atomic E-state index is 12.9. The number of hydrogen-bond acceptors (Lipinski definition) is 4. The Morgan fingerprint density at radius 3 is 2.84 bits per heavy atom. The van der Waals surface area contributed by atoms with Crippen LogP contribution in [0.2, 0.25) is 0 Å². The number of aryl methyl sites for hydroxylation is 1. The Bertz CT molecular complexity index is 851. The van der Waals surface area contributed by atoms with Gasteiger partial charge in [-0.3, -0.25) is 14.6 Å². The predicted octanol–water partition coefficient (Wildman–Crippen LogP) is 1.79. The fraction of sp³-hybridized carbons (Fsp3) is 0.316. The first-order valence-electron chi connectivity index (χ1n) is 8.39. The predicted molar refractivity (Wildman–Crippen MR) is 91.4 cm³/mol. The van der Waals surface area contributed by atoms with Gasteiger partial charge in [-0.15, -0.1) is 0 Å². The van der Waals surface area contributed by atoms with E-state index in [1.807, 2.05) is 18.2 Å². The Morgan fingerprint density at radius 2 is 2.00 bits per heavy atom. The van der Waals surface area contributed by atoms with Crippen LogP contribution in [0, 0.1) is 0 Å². The summed E-state index contributed by atoms with van der Waals surface area (Å²) in [6.45, 7) is 1.10. The van der Waals surface area contributed by atoms with E-state index >= 15 is 0 Å². The van der Waals surface area contributed by atoms with Crippen LogP contribution >= 0.6 is 0 Å². The van der Waals surface area contributed by atoms with E-state index in [0.717, 1.165) is 25.0 Å². The monoisotopic (exact) mass is 337 g/mol. The van der Waals surface area contributed by atoms with Crippen LogP contribution in [0.25, 0.3) is 0 Å². The van der Waals surface area contributed by atoms with E-state index in [4.69, 9.17) is 10.5 Å². The van der Waals surface area contributed by atoms with Gasteiger partial charge in [-0.2, -0.15) is 0 Å².